The number of pyridine rings is 1. The third-order valence-electron chi connectivity index (χ3n) is 8.64. The summed E-state index contributed by atoms with van der Waals surface area (Å²) < 4.78 is 22.6. The highest BCUT2D eigenvalue weighted by atomic mass is 32.2. The lowest BCUT2D eigenvalue weighted by molar-refractivity contribution is 0.0697. The van der Waals surface area contributed by atoms with E-state index in [2.05, 4.69) is 20.5 Å². The van der Waals surface area contributed by atoms with Gasteiger partial charge in [0.1, 0.15) is 17.7 Å². The van der Waals surface area contributed by atoms with Gasteiger partial charge in [0.2, 0.25) is 5.88 Å². The highest BCUT2D eigenvalue weighted by Crippen LogP contribution is 2.50. The van der Waals surface area contributed by atoms with Crippen LogP contribution in [0.15, 0.2) is 54.6 Å². The van der Waals surface area contributed by atoms with E-state index in [1.54, 1.807) is 42.1 Å². The molecular weight excluding hydrogens is 591 g/mol. The van der Waals surface area contributed by atoms with Gasteiger partial charge in [-0.25, -0.2) is 19.2 Å². The van der Waals surface area contributed by atoms with Gasteiger partial charge in [-0.3, -0.25) is 4.90 Å². The number of aromatic carboxylic acids is 1. The fourth-order valence-electron chi connectivity index (χ4n) is 5.83. The van der Waals surface area contributed by atoms with Gasteiger partial charge in [-0.15, -0.1) is 0 Å². The molecular formula is C34H33FN6O3S. The van der Waals surface area contributed by atoms with Crippen LogP contribution in [0.5, 0.6) is 5.88 Å². The van der Waals surface area contributed by atoms with Crippen molar-refractivity contribution in [2.75, 3.05) is 13.1 Å². The van der Waals surface area contributed by atoms with E-state index in [0.29, 0.717) is 48.0 Å². The van der Waals surface area contributed by atoms with Crippen LogP contribution in [0.25, 0.3) is 11.0 Å². The van der Waals surface area contributed by atoms with Gasteiger partial charge >= 0.3 is 5.97 Å². The Bertz CT molecular complexity index is 1800. The quantitative estimate of drug-likeness (QED) is 0.193. The highest BCUT2D eigenvalue weighted by Gasteiger charge is 2.43. The van der Waals surface area contributed by atoms with Crippen molar-refractivity contribution < 1.29 is 19.0 Å². The Morgan fingerprint density at radius 2 is 1.91 bits per heavy atom. The summed E-state index contributed by atoms with van der Waals surface area (Å²) in [7, 11) is 0. The number of benzene rings is 2. The topological polar surface area (TPSA) is 128 Å². The van der Waals surface area contributed by atoms with Gasteiger partial charge in [-0.1, -0.05) is 12.1 Å². The number of imidazole rings is 1. The van der Waals surface area contributed by atoms with Crippen LogP contribution in [0.1, 0.15) is 65.1 Å². The minimum atomic E-state index is -0.969. The highest BCUT2D eigenvalue weighted by molar-refractivity contribution is 7.97. The molecule has 0 atom stereocenters. The van der Waals surface area contributed by atoms with Gasteiger partial charge in [0.25, 0.3) is 0 Å². The van der Waals surface area contributed by atoms with Crippen LogP contribution >= 0.6 is 11.8 Å². The number of hydrogen-bond donors (Lipinski definition) is 1. The van der Waals surface area contributed by atoms with E-state index in [-0.39, 0.29) is 22.9 Å². The first-order valence-electron chi connectivity index (χ1n) is 15.1. The molecule has 2 fully saturated rings. The van der Waals surface area contributed by atoms with Crippen LogP contribution < -0.4 is 4.74 Å². The Labute approximate surface area is 265 Å². The third kappa shape index (κ3) is 7.28. The summed E-state index contributed by atoms with van der Waals surface area (Å²) in [5.41, 5.74) is 3.48. The Balaban J connectivity index is 1.05. The predicted octanol–water partition coefficient (Wildman–Crippen LogP) is 6.31. The maximum atomic E-state index is 14.2. The number of ether oxygens (including phenoxy) is 1. The van der Waals surface area contributed by atoms with Crippen LogP contribution in [0.4, 0.5) is 4.39 Å². The number of carbonyl (C=O) groups is 1. The van der Waals surface area contributed by atoms with E-state index in [9.17, 15) is 19.6 Å². The molecule has 1 N–H and O–H groups in total. The molecule has 2 aliphatic rings. The number of nitrogens with zero attached hydrogens (tertiary/aromatic N) is 6. The monoisotopic (exact) mass is 624 g/mol. The van der Waals surface area contributed by atoms with Crippen molar-refractivity contribution in [1.82, 2.24) is 19.4 Å². The first kappa shape index (κ1) is 30.6. The van der Waals surface area contributed by atoms with Gasteiger partial charge in [0.15, 0.2) is 0 Å². The fraction of sp³-hybridized carbons (Fsp3) is 0.382. The summed E-state index contributed by atoms with van der Waals surface area (Å²) in [4.78, 5) is 23.6. The second kappa shape index (κ2) is 13.3. The van der Waals surface area contributed by atoms with E-state index >= 15 is 0 Å². The standard InChI is InChI=1S/C34H33FN6O3S/c35-28-16-23(18-37)4-5-25(28)20-45-21-26-2-1-3-32(38-26)44-27-8-14-40(15-9-27)19-31-39-29-7-6-24(33(42)43)17-30(29)41(31)22-34(10-11-34)12-13-36/h1-7,16-17,27H,8-12,14-15,19-22H2,(H,42,43). The van der Waals surface area contributed by atoms with E-state index in [0.717, 1.165) is 61.3 Å². The first-order chi connectivity index (χ1) is 21.8. The molecule has 1 aliphatic carbocycles. The van der Waals surface area contributed by atoms with Gasteiger partial charge in [-0.05, 0) is 67.6 Å². The molecule has 0 radical (unpaired) electrons. The largest absolute Gasteiger partial charge is 0.478 e. The lowest BCUT2D eigenvalue weighted by atomic mass is 10.0. The summed E-state index contributed by atoms with van der Waals surface area (Å²) in [5, 5.41) is 27.9. The number of rotatable bonds is 12. The average molecular weight is 625 g/mol. The second-order valence-electron chi connectivity index (χ2n) is 11.9. The molecule has 2 aromatic carbocycles. The molecule has 230 valence electrons. The zero-order chi connectivity index (χ0) is 31.4. The zero-order valence-electron chi connectivity index (χ0n) is 24.8. The Kier molecular flexibility index (Phi) is 9.02. The van der Waals surface area contributed by atoms with Crippen LogP contribution in [0, 0.1) is 33.9 Å². The van der Waals surface area contributed by atoms with Crippen molar-refractivity contribution in [3.63, 3.8) is 0 Å². The van der Waals surface area contributed by atoms with Crippen LogP contribution in [-0.2, 0) is 24.6 Å². The minimum absolute atomic E-state index is 0.0340. The van der Waals surface area contributed by atoms with Gasteiger partial charge in [0.05, 0.1) is 46.5 Å². The summed E-state index contributed by atoms with van der Waals surface area (Å²) in [6.07, 6.45) is 4.17. The lowest BCUT2D eigenvalue weighted by Crippen LogP contribution is -2.38. The van der Waals surface area contributed by atoms with Gasteiger partial charge in [-0.2, -0.15) is 22.3 Å². The van der Waals surface area contributed by atoms with Crippen LogP contribution in [0.2, 0.25) is 0 Å². The second-order valence-corrected chi connectivity index (χ2v) is 12.9. The summed E-state index contributed by atoms with van der Waals surface area (Å²) in [6.45, 7) is 2.95. The number of thioether (sulfide) groups is 1. The average Bonchev–Trinajstić information content (AvgIpc) is 3.72. The molecule has 3 heterocycles. The molecule has 11 heteroatoms. The third-order valence-corrected chi connectivity index (χ3v) is 9.65. The van der Waals surface area contributed by atoms with E-state index in [4.69, 9.17) is 15.0 Å². The number of aromatic nitrogens is 3. The molecule has 0 unspecified atom stereocenters. The Morgan fingerprint density at radius 3 is 2.62 bits per heavy atom. The number of likely N-dealkylation sites (tertiary alicyclic amines) is 1. The number of halogens is 1. The summed E-state index contributed by atoms with van der Waals surface area (Å²) >= 11 is 1.56. The van der Waals surface area contributed by atoms with E-state index in [1.807, 2.05) is 24.3 Å². The minimum Gasteiger partial charge on any atom is -0.478 e. The van der Waals surface area contributed by atoms with Crippen molar-refractivity contribution in [3.8, 4) is 18.0 Å². The van der Waals surface area contributed by atoms with Crippen LogP contribution in [-0.4, -0.2) is 49.7 Å². The Hall–Kier alpha value is -4.45. The molecule has 2 aromatic heterocycles. The van der Waals surface area contributed by atoms with E-state index in [1.165, 1.54) is 6.07 Å². The van der Waals surface area contributed by atoms with Crippen molar-refractivity contribution in [1.29, 1.82) is 10.5 Å². The molecule has 0 bridgehead atoms. The number of piperidine rings is 1. The van der Waals surface area contributed by atoms with Crippen molar-refractivity contribution in [3.05, 3.63) is 88.6 Å². The van der Waals surface area contributed by atoms with Gasteiger partial charge in [0, 0.05) is 49.0 Å². The van der Waals surface area contributed by atoms with Crippen molar-refractivity contribution in [2.45, 2.75) is 62.8 Å². The summed E-state index contributed by atoms with van der Waals surface area (Å²) in [5.74, 6) is 1.23. The molecule has 0 amide bonds. The van der Waals surface area contributed by atoms with Crippen LogP contribution in [0.3, 0.4) is 0 Å². The van der Waals surface area contributed by atoms with Crippen molar-refractivity contribution in [2.24, 2.45) is 5.41 Å². The molecule has 4 aromatic rings. The smallest absolute Gasteiger partial charge is 0.335 e. The Morgan fingerprint density at radius 1 is 1.09 bits per heavy atom. The SMILES string of the molecule is N#CCC1(Cn2c(CN3CCC(Oc4cccc(CSCc5ccc(C#N)cc5F)n4)CC3)nc3ccc(C(=O)O)cc32)CC1. The van der Waals surface area contributed by atoms with Gasteiger partial charge < -0.3 is 14.4 Å². The molecule has 6 rings (SSSR count). The lowest BCUT2D eigenvalue weighted by Gasteiger charge is -2.32. The number of hydrogen-bond acceptors (Lipinski definition) is 8. The maximum absolute atomic E-state index is 14.2. The fourth-order valence-corrected chi connectivity index (χ4v) is 6.76. The predicted molar refractivity (Wildman–Crippen MR) is 168 cm³/mol. The molecule has 1 saturated carbocycles. The molecule has 0 spiro atoms. The number of carboxylic acids is 1. The maximum Gasteiger partial charge on any atom is 0.335 e. The zero-order valence-corrected chi connectivity index (χ0v) is 25.6. The molecule has 45 heavy (non-hydrogen) atoms. The summed E-state index contributed by atoms with van der Waals surface area (Å²) in [6, 6.07) is 19.6. The van der Waals surface area contributed by atoms with E-state index < -0.39 is 5.97 Å². The molecule has 9 nitrogen and oxygen atoms in total. The van der Waals surface area contributed by atoms with Crippen molar-refractivity contribution >= 4 is 28.8 Å². The number of fused-ring (bicyclic) bond motifs is 1. The molecule has 1 saturated heterocycles. The normalized spacial score (nSPS) is 16.2. The first-order valence-corrected chi connectivity index (χ1v) is 16.2. The number of nitriles is 2. The molecule has 1 aliphatic heterocycles. The number of carboxylic acid groups (broad SMARTS) is 1.